The number of hydrogen-bond acceptors (Lipinski definition) is 3. The first-order valence-corrected chi connectivity index (χ1v) is 10.5. The van der Waals surface area contributed by atoms with Crippen LogP contribution in [0.2, 0.25) is 0 Å². The summed E-state index contributed by atoms with van der Waals surface area (Å²) in [6.45, 7) is 6.03. The van der Waals surface area contributed by atoms with Crippen LogP contribution in [0.25, 0.3) is 11.9 Å². The van der Waals surface area contributed by atoms with Crippen molar-refractivity contribution >= 4 is 23.4 Å². The first-order chi connectivity index (χ1) is 14.6. The molecule has 1 N–H and O–H groups in total. The average molecular weight is 405 g/mol. The van der Waals surface area contributed by atoms with Crippen LogP contribution < -0.4 is 10.1 Å². The van der Waals surface area contributed by atoms with Gasteiger partial charge in [0.2, 0.25) is 0 Å². The predicted octanol–water partition coefficient (Wildman–Crippen LogP) is 7.51. The van der Waals surface area contributed by atoms with Gasteiger partial charge in [-0.3, -0.25) is 0 Å². The molecule has 4 rings (SSSR count). The summed E-state index contributed by atoms with van der Waals surface area (Å²) in [5.41, 5.74) is 4.59. The van der Waals surface area contributed by atoms with Crippen molar-refractivity contribution in [3.63, 3.8) is 0 Å². The van der Waals surface area contributed by atoms with Gasteiger partial charge in [-0.1, -0.05) is 38.1 Å². The van der Waals surface area contributed by atoms with Gasteiger partial charge in [0.05, 0.1) is 7.11 Å². The zero-order chi connectivity index (χ0) is 21.5. The fourth-order valence-electron chi connectivity index (χ4n) is 3.19. The quantitative estimate of drug-likeness (QED) is 0.461. The Morgan fingerprint density at radius 1 is 1.10 bits per heavy atom. The lowest BCUT2D eigenvalue weighted by atomic mass is 10.0. The van der Waals surface area contributed by atoms with E-state index in [1.807, 2.05) is 63.2 Å². The van der Waals surface area contributed by atoms with Crippen LogP contribution >= 0.6 is 0 Å². The van der Waals surface area contributed by atoms with E-state index in [-0.39, 0.29) is 5.83 Å². The fraction of sp³-hybridized carbons (Fsp3) is 0.269. The Bertz CT molecular complexity index is 1010. The second kappa shape index (κ2) is 10.1. The minimum atomic E-state index is -0.315. The maximum Gasteiger partial charge on any atom is 0.132 e. The topological polar surface area (TPSA) is 34.1 Å². The summed E-state index contributed by atoms with van der Waals surface area (Å²) >= 11 is 0. The summed E-state index contributed by atoms with van der Waals surface area (Å²) in [4.78, 5) is 4.35. The number of pyridine rings is 1. The van der Waals surface area contributed by atoms with Crippen LogP contribution in [0, 0.1) is 6.92 Å². The molecule has 3 aromatic rings. The molecule has 2 aromatic carbocycles. The van der Waals surface area contributed by atoms with E-state index >= 15 is 0 Å². The number of hydrogen-bond donors (Lipinski definition) is 1. The smallest absolute Gasteiger partial charge is 0.132 e. The van der Waals surface area contributed by atoms with Crippen molar-refractivity contribution in [2.45, 2.75) is 39.5 Å². The number of aromatic nitrogens is 1. The van der Waals surface area contributed by atoms with Crippen LogP contribution in [-0.2, 0) is 0 Å². The van der Waals surface area contributed by atoms with Gasteiger partial charge >= 0.3 is 0 Å². The Balaban J connectivity index is 0.00000124. The van der Waals surface area contributed by atoms with Crippen molar-refractivity contribution < 1.29 is 9.13 Å². The highest BCUT2D eigenvalue weighted by molar-refractivity contribution is 5.77. The number of rotatable bonds is 6. The van der Waals surface area contributed by atoms with Crippen molar-refractivity contribution in [2.75, 3.05) is 12.4 Å². The van der Waals surface area contributed by atoms with Gasteiger partial charge in [-0.05, 0) is 78.8 Å². The van der Waals surface area contributed by atoms with Gasteiger partial charge in [0.1, 0.15) is 17.4 Å². The molecule has 0 radical (unpaired) electrons. The minimum Gasteiger partial charge on any atom is -0.497 e. The second-order valence-electron chi connectivity index (χ2n) is 7.18. The lowest BCUT2D eigenvalue weighted by Gasteiger charge is -2.09. The van der Waals surface area contributed by atoms with Crippen LogP contribution in [-0.4, -0.2) is 12.1 Å². The van der Waals surface area contributed by atoms with Crippen LogP contribution in [0.4, 0.5) is 15.9 Å². The predicted molar refractivity (Wildman–Crippen MR) is 124 cm³/mol. The number of nitrogens with one attached hydrogen (secondary N) is 1. The molecular weight excluding hydrogens is 375 g/mol. The standard InChI is InChI=1S/C24H23FN2O.C2H6/c1-16-5-3-4-6-23(16)27-24-10-9-19(15-26-24)22(25)13-17-11-20(18-7-8-18)14-21(12-17)28-2;1-2/h3-6,9-15,18H,7-8H2,1-2H3,(H,26,27);1-2H3/b22-13-;. The van der Waals surface area contributed by atoms with Crippen LogP contribution in [0.5, 0.6) is 5.75 Å². The maximum absolute atomic E-state index is 14.8. The van der Waals surface area contributed by atoms with Crippen molar-refractivity contribution in [1.82, 2.24) is 4.98 Å². The highest BCUT2D eigenvalue weighted by Gasteiger charge is 2.24. The monoisotopic (exact) mass is 404 g/mol. The van der Waals surface area contributed by atoms with E-state index in [9.17, 15) is 4.39 Å². The van der Waals surface area contributed by atoms with Gasteiger partial charge in [0.25, 0.3) is 0 Å². The van der Waals surface area contributed by atoms with Crippen molar-refractivity contribution in [3.8, 4) is 5.75 Å². The van der Waals surface area contributed by atoms with E-state index in [2.05, 4.69) is 10.3 Å². The summed E-state index contributed by atoms with van der Waals surface area (Å²) in [6.07, 6.45) is 5.48. The lowest BCUT2D eigenvalue weighted by Crippen LogP contribution is -1.95. The van der Waals surface area contributed by atoms with E-state index < -0.39 is 0 Å². The number of ether oxygens (including phenoxy) is 1. The third kappa shape index (κ3) is 5.47. The molecule has 3 nitrogen and oxygen atoms in total. The summed E-state index contributed by atoms with van der Waals surface area (Å²) in [5.74, 6) is 1.71. The number of nitrogens with zero attached hydrogens (tertiary/aromatic N) is 1. The van der Waals surface area contributed by atoms with Crippen LogP contribution in [0.15, 0.2) is 60.8 Å². The summed E-state index contributed by atoms with van der Waals surface area (Å²) in [6, 6.07) is 17.4. The van der Waals surface area contributed by atoms with Gasteiger partial charge in [-0.25, -0.2) is 9.37 Å². The fourth-order valence-corrected chi connectivity index (χ4v) is 3.19. The Labute approximate surface area is 178 Å². The Morgan fingerprint density at radius 3 is 2.50 bits per heavy atom. The molecule has 1 aromatic heterocycles. The largest absolute Gasteiger partial charge is 0.497 e. The number of aryl methyl sites for hydroxylation is 1. The third-order valence-electron chi connectivity index (χ3n) is 4.98. The molecule has 0 unspecified atom stereocenters. The summed E-state index contributed by atoms with van der Waals surface area (Å²) < 4.78 is 20.2. The molecule has 30 heavy (non-hydrogen) atoms. The number of halogens is 1. The molecule has 0 amide bonds. The molecule has 4 heteroatoms. The van der Waals surface area contributed by atoms with E-state index in [1.54, 1.807) is 31.5 Å². The van der Waals surface area contributed by atoms with Crippen LogP contribution in [0.1, 0.15) is 54.9 Å². The van der Waals surface area contributed by atoms with E-state index in [0.29, 0.717) is 17.3 Å². The van der Waals surface area contributed by atoms with Crippen molar-refractivity contribution in [2.24, 2.45) is 0 Å². The van der Waals surface area contributed by atoms with Gasteiger partial charge in [0, 0.05) is 17.4 Å². The van der Waals surface area contributed by atoms with Gasteiger partial charge in [0.15, 0.2) is 0 Å². The van der Waals surface area contributed by atoms with Gasteiger partial charge < -0.3 is 10.1 Å². The minimum absolute atomic E-state index is 0.315. The molecule has 0 aliphatic heterocycles. The highest BCUT2D eigenvalue weighted by Crippen LogP contribution is 2.42. The molecule has 0 bridgehead atoms. The SMILES string of the molecule is CC.COc1cc(/C=C(\F)c2ccc(Nc3ccccc3C)nc2)cc(C2CC2)c1. The lowest BCUT2D eigenvalue weighted by molar-refractivity contribution is 0.414. The second-order valence-corrected chi connectivity index (χ2v) is 7.18. The first-order valence-electron chi connectivity index (χ1n) is 10.5. The average Bonchev–Trinajstić information content (AvgIpc) is 3.62. The summed E-state index contributed by atoms with van der Waals surface area (Å²) in [5, 5.41) is 3.26. The van der Waals surface area contributed by atoms with Crippen molar-refractivity contribution in [1.29, 1.82) is 0 Å². The molecule has 1 fully saturated rings. The molecular formula is C26H29FN2O. The normalized spacial score (nSPS) is 13.3. The molecule has 1 saturated carbocycles. The maximum atomic E-state index is 14.8. The molecule has 156 valence electrons. The van der Waals surface area contributed by atoms with Gasteiger partial charge in [-0.15, -0.1) is 0 Å². The number of methoxy groups -OCH3 is 1. The van der Waals surface area contributed by atoms with Gasteiger partial charge in [-0.2, -0.15) is 0 Å². The Hall–Kier alpha value is -3.14. The number of anilines is 2. The van der Waals surface area contributed by atoms with E-state index in [0.717, 1.165) is 22.6 Å². The molecule has 1 aliphatic carbocycles. The molecule has 0 atom stereocenters. The first kappa shape index (κ1) is 21.6. The van der Waals surface area contributed by atoms with E-state index in [4.69, 9.17) is 4.74 Å². The van der Waals surface area contributed by atoms with E-state index in [1.165, 1.54) is 18.4 Å². The third-order valence-corrected chi connectivity index (χ3v) is 4.98. The van der Waals surface area contributed by atoms with Crippen molar-refractivity contribution in [3.05, 3.63) is 83.0 Å². The zero-order valence-corrected chi connectivity index (χ0v) is 18.1. The molecule has 1 aliphatic rings. The molecule has 0 saturated heterocycles. The molecule has 0 spiro atoms. The Morgan fingerprint density at radius 2 is 1.87 bits per heavy atom. The highest BCUT2D eigenvalue weighted by atomic mass is 19.1. The molecule has 1 heterocycles. The zero-order valence-electron chi connectivity index (χ0n) is 18.1. The summed E-state index contributed by atoms with van der Waals surface area (Å²) in [7, 11) is 1.64. The number of para-hydroxylation sites is 1. The van der Waals surface area contributed by atoms with Crippen LogP contribution in [0.3, 0.4) is 0 Å². The Kier molecular flexibility index (Phi) is 7.23. The number of benzene rings is 2.